The molecule has 180 valence electrons. The number of ether oxygens (including phenoxy) is 1. The maximum absolute atomic E-state index is 13.3. The van der Waals surface area contributed by atoms with Crippen molar-refractivity contribution in [2.24, 2.45) is 5.10 Å². The standard InChI is InChI=1S/C26H21BrClI2N3O2/c1-3-15(2)25-32-23-9-8-18(27)12-19(23)26(34)33(25)31-13-16-10-21(29)24(22(30)11-16)35-14-17-6-4-5-7-20(17)28/h4-13,15H,3,14H2,1-2H3/t15-/m1/s1. The lowest BCUT2D eigenvalue weighted by Gasteiger charge is -2.14. The van der Waals surface area contributed by atoms with Crippen molar-refractivity contribution in [2.75, 3.05) is 0 Å². The van der Waals surface area contributed by atoms with Crippen LogP contribution in [0.4, 0.5) is 0 Å². The van der Waals surface area contributed by atoms with Crippen LogP contribution >= 0.6 is 72.7 Å². The number of hydrogen-bond acceptors (Lipinski definition) is 4. The third kappa shape index (κ3) is 6.08. The van der Waals surface area contributed by atoms with E-state index in [0.717, 1.165) is 34.9 Å². The van der Waals surface area contributed by atoms with Gasteiger partial charge in [0.15, 0.2) is 0 Å². The van der Waals surface area contributed by atoms with Gasteiger partial charge in [-0.1, -0.05) is 59.6 Å². The number of rotatable bonds is 7. The lowest BCUT2D eigenvalue weighted by molar-refractivity contribution is 0.302. The lowest BCUT2D eigenvalue weighted by Crippen LogP contribution is -2.23. The Bertz CT molecular complexity index is 1470. The average Bonchev–Trinajstić information content (AvgIpc) is 2.83. The molecule has 5 nitrogen and oxygen atoms in total. The van der Waals surface area contributed by atoms with Crippen molar-refractivity contribution in [3.05, 3.63) is 98.5 Å². The summed E-state index contributed by atoms with van der Waals surface area (Å²) in [7, 11) is 0. The number of fused-ring (bicyclic) bond motifs is 1. The summed E-state index contributed by atoms with van der Waals surface area (Å²) in [5.41, 5.74) is 2.27. The summed E-state index contributed by atoms with van der Waals surface area (Å²) in [5, 5.41) is 5.78. The SMILES string of the molecule is CC[C@@H](C)c1nc2ccc(Br)cc2c(=O)n1N=Cc1cc(I)c(OCc2ccccc2Cl)c(I)c1. The topological polar surface area (TPSA) is 56.5 Å². The molecule has 0 N–H and O–H groups in total. The summed E-state index contributed by atoms with van der Waals surface area (Å²) in [6.07, 6.45) is 2.54. The van der Waals surface area contributed by atoms with Crippen LogP contribution in [0.3, 0.4) is 0 Å². The minimum atomic E-state index is -0.188. The Morgan fingerprint density at radius 2 is 1.89 bits per heavy atom. The van der Waals surface area contributed by atoms with Gasteiger partial charge in [-0.15, -0.1) is 0 Å². The largest absolute Gasteiger partial charge is 0.487 e. The summed E-state index contributed by atoms with van der Waals surface area (Å²) >= 11 is 14.2. The van der Waals surface area contributed by atoms with Gasteiger partial charge in [-0.25, -0.2) is 4.98 Å². The summed E-state index contributed by atoms with van der Waals surface area (Å²) in [5.74, 6) is 1.51. The molecular weight excluding hydrogens is 755 g/mol. The normalized spacial score (nSPS) is 12.4. The first-order valence-electron chi connectivity index (χ1n) is 10.9. The van der Waals surface area contributed by atoms with Crippen LogP contribution in [0.2, 0.25) is 5.02 Å². The number of nitrogens with zero attached hydrogens (tertiary/aromatic N) is 3. The molecule has 0 radical (unpaired) electrons. The van der Waals surface area contributed by atoms with Gasteiger partial charge in [0.05, 0.1) is 24.3 Å². The summed E-state index contributed by atoms with van der Waals surface area (Å²) < 4.78 is 10.2. The third-order valence-electron chi connectivity index (χ3n) is 5.56. The first-order chi connectivity index (χ1) is 16.8. The lowest BCUT2D eigenvalue weighted by atomic mass is 10.1. The Balaban J connectivity index is 1.68. The van der Waals surface area contributed by atoms with Crippen molar-refractivity contribution >= 4 is 89.8 Å². The molecule has 9 heteroatoms. The summed E-state index contributed by atoms with van der Waals surface area (Å²) in [4.78, 5) is 18.1. The fraction of sp³-hybridized carbons (Fsp3) is 0.192. The van der Waals surface area contributed by atoms with Crippen LogP contribution in [-0.2, 0) is 6.61 Å². The van der Waals surface area contributed by atoms with E-state index in [1.807, 2.05) is 48.5 Å². The van der Waals surface area contributed by atoms with Crippen LogP contribution in [0.5, 0.6) is 5.75 Å². The monoisotopic (exact) mass is 775 g/mol. The molecule has 0 fully saturated rings. The zero-order valence-corrected chi connectivity index (χ0v) is 25.6. The Morgan fingerprint density at radius 1 is 1.17 bits per heavy atom. The van der Waals surface area contributed by atoms with E-state index in [1.165, 1.54) is 4.68 Å². The molecular formula is C26H21BrClI2N3O2. The zero-order chi connectivity index (χ0) is 25.1. The quantitative estimate of drug-likeness (QED) is 0.141. The Morgan fingerprint density at radius 3 is 2.57 bits per heavy atom. The van der Waals surface area contributed by atoms with Crippen molar-refractivity contribution in [3.8, 4) is 5.75 Å². The van der Waals surface area contributed by atoms with Gasteiger partial charge in [0, 0.05) is 21.0 Å². The molecule has 0 saturated carbocycles. The van der Waals surface area contributed by atoms with Gasteiger partial charge in [0.1, 0.15) is 18.2 Å². The van der Waals surface area contributed by atoms with Gasteiger partial charge in [-0.2, -0.15) is 9.78 Å². The highest BCUT2D eigenvalue weighted by Crippen LogP contribution is 2.30. The molecule has 0 saturated heterocycles. The number of aromatic nitrogens is 2. The molecule has 1 atom stereocenters. The maximum atomic E-state index is 13.3. The maximum Gasteiger partial charge on any atom is 0.282 e. The zero-order valence-electron chi connectivity index (χ0n) is 18.9. The van der Waals surface area contributed by atoms with Crippen LogP contribution in [-0.4, -0.2) is 15.9 Å². The van der Waals surface area contributed by atoms with Crippen molar-refractivity contribution in [1.29, 1.82) is 0 Å². The molecule has 1 heterocycles. The highest BCUT2D eigenvalue weighted by Gasteiger charge is 2.16. The van der Waals surface area contributed by atoms with Gasteiger partial charge in [0.2, 0.25) is 0 Å². The second-order valence-electron chi connectivity index (χ2n) is 8.00. The number of benzene rings is 3. The van der Waals surface area contributed by atoms with Gasteiger partial charge < -0.3 is 4.74 Å². The molecule has 0 aliphatic heterocycles. The predicted molar refractivity (Wildman–Crippen MR) is 163 cm³/mol. The van der Waals surface area contributed by atoms with E-state index < -0.39 is 0 Å². The highest BCUT2D eigenvalue weighted by molar-refractivity contribution is 14.1. The smallest absolute Gasteiger partial charge is 0.282 e. The molecule has 0 amide bonds. The second kappa shape index (κ2) is 11.7. The highest BCUT2D eigenvalue weighted by atomic mass is 127. The molecule has 1 aromatic heterocycles. The van der Waals surface area contributed by atoms with Crippen LogP contribution in [0.25, 0.3) is 10.9 Å². The van der Waals surface area contributed by atoms with Gasteiger partial charge in [0.25, 0.3) is 5.56 Å². The van der Waals surface area contributed by atoms with E-state index in [-0.39, 0.29) is 11.5 Å². The van der Waals surface area contributed by atoms with E-state index in [9.17, 15) is 4.79 Å². The average molecular weight is 777 g/mol. The molecule has 4 rings (SSSR count). The van der Waals surface area contributed by atoms with E-state index in [1.54, 1.807) is 12.3 Å². The molecule has 0 spiro atoms. The van der Waals surface area contributed by atoms with Gasteiger partial charge in [-0.3, -0.25) is 4.79 Å². The van der Waals surface area contributed by atoms with Crippen molar-refractivity contribution < 1.29 is 4.74 Å². The minimum Gasteiger partial charge on any atom is -0.487 e. The van der Waals surface area contributed by atoms with E-state index in [2.05, 4.69) is 80.1 Å². The molecule has 3 aromatic carbocycles. The van der Waals surface area contributed by atoms with Crippen molar-refractivity contribution in [1.82, 2.24) is 9.66 Å². The van der Waals surface area contributed by atoms with Gasteiger partial charge in [-0.05, 0) is 93.6 Å². The number of hydrogen-bond donors (Lipinski definition) is 0. The minimum absolute atomic E-state index is 0.0776. The number of halogens is 4. The second-order valence-corrected chi connectivity index (χ2v) is 11.6. The van der Waals surface area contributed by atoms with Crippen molar-refractivity contribution in [2.45, 2.75) is 32.8 Å². The van der Waals surface area contributed by atoms with E-state index in [4.69, 9.17) is 21.3 Å². The molecule has 35 heavy (non-hydrogen) atoms. The fourth-order valence-corrected chi connectivity index (χ4v) is 6.14. The van der Waals surface area contributed by atoms with E-state index in [0.29, 0.717) is 28.4 Å². The summed E-state index contributed by atoms with van der Waals surface area (Å²) in [6.45, 7) is 4.50. The van der Waals surface area contributed by atoms with Crippen LogP contribution < -0.4 is 10.3 Å². The van der Waals surface area contributed by atoms with Gasteiger partial charge >= 0.3 is 0 Å². The van der Waals surface area contributed by atoms with Crippen molar-refractivity contribution in [3.63, 3.8) is 0 Å². The third-order valence-corrected chi connectivity index (χ3v) is 8.02. The Labute approximate surface area is 244 Å². The molecule has 0 aliphatic carbocycles. The summed E-state index contributed by atoms with van der Waals surface area (Å²) in [6, 6.07) is 17.1. The first-order valence-corrected chi connectivity index (χ1v) is 14.2. The fourth-order valence-electron chi connectivity index (χ4n) is 3.46. The Kier molecular flexibility index (Phi) is 8.88. The van der Waals surface area contributed by atoms with Crippen LogP contribution in [0.15, 0.2) is 69.0 Å². The van der Waals surface area contributed by atoms with Crippen LogP contribution in [0, 0.1) is 7.14 Å². The predicted octanol–water partition coefficient (Wildman–Crippen LogP) is 8.00. The Hall–Kier alpha value is -1.50. The first kappa shape index (κ1) is 26.6. The van der Waals surface area contributed by atoms with Crippen LogP contribution in [0.1, 0.15) is 43.1 Å². The molecule has 4 aromatic rings. The molecule has 0 unspecified atom stereocenters. The molecule has 0 bridgehead atoms. The van der Waals surface area contributed by atoms with E-state index >= 15 is 0 Å². The molecule has 0 aliphatic rings.